The van der Waals surface area contributed by atoms with Crippen LogP contribution in [0.2, 0.25) is 0 Å². The normalized spacial score (nSPS) is 13.9. The second kappa shape index (κ2) is 5.52. The van der Waals surface area contributed by atoms with Crippen molar-refractivity contribution in [2.45, 2.75) is 19.5 Å². The molecule has 0 bridgehead atoms. The van der Waals surface area contributed by atoms with Gasteiger partial charge in [-0.25, -0.2) is 0 Å². The smallest absolute Gasteiger partial charge is 0.234 e. The zero-order valence-electron chi connectivity index (χ0n) is 10.1. The molecule has 0 fully saturated rings. The number of carbonyl (C=O) groups excluding carboxylic acids is 1. The Morgan fingerprint density at radius 3 is 3.00 bits per heavy atom. The lowest BCUT2D eigenvalue weighted by Gasteiger charge is -2.13. The number of anilines is 1. The van der Waals surface area contributed by atoms with Gasteiger partial charge in [0.15, 0.2) is 0 Å². The van der Waals surface area contributed by atoms with Gasteiger partial charge >= 0.3 is 0 Å². The molecule has 0 aromatic heterocycles. The average molecular weight is 244 g/mol. The largest absolute Gasteiger partial charge is 0.399 e. The Morgan fingerprint density at radius 1 is 1.44 bits per heavy atom. The van der Waals surface area contributed by atoms with E-state index in [-0.39, 0.29) is 5.91 Å². The summed E-state index contributed by atoms with van der Waals surface area (Å²) in [5, 5.41) is 11.1. The Morgan fingerprint density at radius 2 is 2.22 bits per heavy atom. The van der Waals surface area contributed by atoms with Crippen LogP contribution in [0.15, 0.2) is 18.2 Å². The highest BCUT2D eigenvalue weighted by atomic mass is 16.2. The molecule has 1 aliphatic rings. The molecule has 0 spiro atoms. The van der Waals surface area contributed by atoms with E-state index in [0.717, 1.165) is 18.8 Å². The van der Waals surface area contributed by atoms with E-state index in [4.69, 9.17) is 11.0 Å². The summed E-state index contributed by atoms with van der Waals surface area (Å²) in [5.74, 6) is -0.0361. The first-order chi connectivity index (χ1) is 8.69. The minimum Gasteiger partial charge on any atom is -0.399 e. The molecule has 5 heteroatoms. The number of nitrogens with zero attached hydrogens (tertiary/aromatic N) is 2. The predicted molar refractivity (Wildman–Crippen MR) is 68.2 cm³/mol. The number of benzene rings is 1. The number of hydrogen-bond donors (Lipinski definition) is 2. The third kappa shape index (κ3) is 2.99. The van der Waals surface area contributed by atoms with Crippen molar-refractivity contribution < 1.29 is 4.79 Å². The highest BCUT2D eigenvalue weighted by Gasteiger charge is 2.20. The number of nitriles is 1. The number of rotatable bonds is 4. The zero-order valence-corrected chi connectivity index (χ0v) is 10.1. The molecule has 0 atom stereocenters. The summed E-state index contributed by atoms with van der Waals surface area (Å²) in [7, 11) is 0. The van der Waals surface area contributed by atoms with Crippen molar-refractivity contribution in [1.29, 1.82) is 5.26 Å². The van der Waals surface area contributed by atoms with Crippen molar-refractivity contribution in [3.63, 3.8) is 0 Å². The minimum absolute atomic E-state index is 0.0361. The van der Waals surface area contributed by atoms with Gasteiger partial charge in [0, 0.05) is 25.3 Å². The first kappa shape index (κ1) is 12.4. The fourth-order valence-electron chi connectivity index (χ4n) is 2.11. The molecular weight excluding hydrogens is 228 g/mol. The van der Waals surface area contributed by atoms with Crippen molar-refractivity contribution in [3.05, 3.63) is 29.3 Å². The van der Waals surface area contributed by atoms with Crippen LogP contribution in [0.5, 0.6) is 0 Å². The van der Waals surface area contributed by atoms with E-state index in [1.54, 1.807) is 0 Å². The Bertz CT molecular complexity index is 492. The van der Waals surface area contributed by atoms with Crippen LogP contribution in [0.25, 0.3) is 0 Å². The van der Waals surface area contributed by atoms with E-state index in [2.05, 4.69) is 10.2 Å². The van der Waals surface area contributed by atoms with E-state index in [0.29, 0.717) is 19.5 Å². The summed E-state index contributed by atoms with van der Waals surface area (Å²) in [6, 6.07) is 7.85. The third-order valence-electron chi connectivity index (χ3n) is 2.94. The van der Waals surface area contributed by atoms with E-state index in [9.17, 15) is 4.79 Å². The van der Waals surface area contributed by atoms with Gasteiger partial charge in [-0.1, -0.05) is 6.07 Å². The highest BCUT2D eigenvalue weighted by molar-refractivity contribution is 5.78. The monoisotopic (exact) mass is 244 g/mol. The second-order valence-electron chi connectivity index (χ2n) is 4.43. The molecule has 0 saturated carbocycles. The number of nitrogens with two attached hydrogens (primary N) is 1. The van der Waals surface area contributed by atoms with E-state index in [1.807, 2.05) is 24.3 Å². The van der Waals surface area contributed by atoms with E-state index in [1.165, 1.54) is 11.1 Å². The molecular formula is C13H16N4O. The first-order valence-corrected chi connectivity index (χ1v) is 5.92. The molecule has 94 valence electrons. The predicted octanol–water partition coefficient (Wildman–Crippen LogP) is 0.614. The molecule has 0 saturated heterocycles. The molecule has 1 heterocycles. The Labute approximate surface area is 106 Å². The lowest BCUT2D eigenvalue weighted by molar-refractivity contribution is -0.122. The fraction of sp³-hybridized carbons (Fsp3) is 0.385. The third-order valence-corrected chi connectivity index (χ3v) is 2.94. The molecule has 3 N–H and O–H groups in total. The molecule has 2 rings (SSSR count). The van der Waals surface area contributed by atoms with Crippen molar-refractivity contribution in [1.82, 2.24) is 10.2 Å². The van der Waals surface area contributed by atoms with Gasteiger partial charge in [0.25, 0.3) is 0 Å². The molecule has 1 amide bonds. The van der Waals surface area contributed by atoms with Gasteiger partial charge in [0.05, 0.1) is 19.0 Å². The quantitative estimate of drug-likeness (QED) is 0.600. The van der Waals surface area contributed by atoms with Crippen molar-refractivity contribution in [2.24, 2.45) is 0 Å². The molecule has 0 radical (unpaired) electrons. The lowest BCUT2D eigenvalue weighted by atomic mass is 10.1. The summed E-state index contributed by atoms with van der Waals surface area (Å²) in [6.07, 6.45) is 0.350. The Hall–Kier alpha value is -2.06. The summed E-state index contributed by atoms with van der Waals surface area (Å²) < 4.78 is 0. The van der Waals surface area contributed by atoms with Crippen LogP contribution >= 0.6 is 0 Å². The van der Waals surface area contributed by atoms with Crippen molar-refractivity contribution >= 4 is 11.6 Å². The van der Waals surface area contributed by atoms with Crippen LogP contribution in [0.1, 0.15) is 17.5 Å². The summed E-state index contributed by atoms with van der Waals surface area (Å²) in [4.78, 5) is 13.7. The Balaban J connectivity index is 1.84. The number of fused-ring (bicyclic) bond motifs is 1. The van der Waals surface area contributed by atoms with Crippen LogP contribution in [0.3, 0.4) is 0 Å². The number of hydrogen-bond acceptors (Lipinski definition) is 4. The van der Waals surface area contributed by atoms with Crippen LogP contribution in [-0.4, -0.2) is 23.9 Å². The maximum atomic E-state index is 11.6. The molecule has 0 aliphatic carbocycles. The average Bonchev–Trinajstić information content (AvgIpc) is 2.70. The molecule has 18 heavy (non-hydrogen) atoms. The highest BCUT2D eigenvalue weighted by Crippen LogP contribution is 2.24. The summed E-state index contributed by atoms with van der Waals surface area (Å²) >= 11 is 0. The summed E-state index contributed by atoms with van der Waals surface area (Å²) in [6.45, 7) is 2.32. The SMILES string of the molecule is N#CCCNC(=O)CN1Cc2ccc(N)cc2C1. The van der Waals surface area contributed by atoms with E-state index >= 15 is 0 Å². The van der Waals surface area contributed by atoms with Crippen LogP contribution in [0, 0.1) is 11.3 Å². The lowest BCUT2D eigenvalue weighted by Crippen LogP contribution is -2.34. The van der Waals surface area contributed by atoms with Crippen LogP contribution in [-0.2, 0) is 17.9 Å². The standard InChI is InChI=1S/C13H16N4O/c14-4-1-5-16-13(18)9-17-7-10-2-3-12(15)6-11(10)8-17/h2-3,6H,1,5,7-9,15H2,(H,16,18). The molecule has 5 nitrogen and oxygen atoms in total. The number of nitrogens with one attached hydrogen (secondary N) is 1. The zero-order chi connectivity index (χ0) is 13.0. The van der Waals surface area contributed by atoms with Crippen molar-refractivity contribution in [3.8, 4) is 6.07 Å². The van der Waals surface area contributed by atoms with Crippen molar-refractivity contribution in [2.75, 3.05) is 18.8 Å². The van der Waals surface area contributed by atoms with Gasteiger partial charge in [-0.2, -0.15) is 5.26 Å². The number of nitrogen functional groups attached to an aromatic ring is 1. The van der Waals surface area contributed by atoms with Gasteiger partial charge in [-0.3, -0.25) is 9.69 Å². The van der Waals surface area contributed by atoms with Gasteiger partial charge in [-0.15, -0.1) is 0 Å². The topological polar surface area (TPSA) is 82.2 Å². The van der Waals surface area contributed by atoms with Gasteiger partial charge < -0.3 is 11.1 Å². The maximum Gasteiger partial charge on any atom is 0.234 e. The van der Waals surface area contributed by atoms with Crippen LogP contribution in [0.4, 0.5) is 5.69 Å². The van der Waals surface area contributed by atoms with Crippen LogP contribution < -0.4 is 11.1 Å². The molecule has 1 aliphatic heterocycles. The molecule has 1 aromatic carbocycles. The van der Waals surface area contributed by atoms with Gasteiger partial charge in [-0.05, 0) is 23.3 Å². The first-order valence-electron chi connectivity index (χ1n) is 5.92. The van der Waals surface area contributed by atoms with E-state index < -0.39 is 0 Å². The van der Waals surface area contributed by atoms with Gasteiger partial charge in [0.1, 0.15) is 0 Å². The molecule has 1 aromatic rings. The minimum atomic E-state index is -0.0361. The molecule has 0 unspecified atom stereocenters. The maximum absolute atomic E-state index is 11.6. The van der Waals surface area contributed by atoms with Gasteiger partial charge in [0.2, 0.25) is 5.91 Å². The second-order valence-corrected chi connectivity index (χ2v) is 4.43. The number of carbonyl (C=O) groups is 1. The fourth-order valence-corrected chi connectivity index (χ4v) is 2.11. The summed E-state index contributed by atoms with van der Waals surface area (Å²) in [5.41, 5.74) is 8.91. The Kier molecular flexibility index (Phi) is 3.80. The number of amides is 1.